The van der Waals surface area contributed by atoms with Crippen LogP contribution in [0, 0.1) is 11.6 Å². The second-order valence-electron chi connectivity index (χ2n) is 21.8. The number of aliphatic carboxylic acids is 1. The molecule has 73 heavy (non-hydrogen) atoms. The zero-order valence-electron chi connectivity index (χ0n) is 41.7. The standard InChI is InChI=1S/C27H30FN5O3.C22H24FN5O.C5H8O3.H2/c1-26(2)16-31(25(35)27(36)10-3-11-27)12-13-32(26)24(34)22-15-33-23(29-22)20(17-4-5-17)14-21(30-33)18-6-8-19(28)9-7-18;1-22(2)13-24-9-10-27(22)21(29)19-12-28-20(25-19)17(14-3-4-14)11-18(26-28)15-5-7-16(23)8-6-15;6-4(7)5(8)2-1-3-5;/h6-9,14-15,17,36H,3-5,10-13,16H2,1-2H3;5-8,11-12,14,24H,3-4,9-10,13H2,1-2H3;8H,1-3H2,(H,6,7);1H. The van der Waals surface area contributed by atoms with Crippen LogP contribution in [0.15, 0.2) is 73.1 Å². The minimum atomic E-state index is -1.36. The molecule has 12 rings (SSSR count). The molecule has 4 aromatic heterocycles. The Bertz CT molecular complexity index is 3110. The van der Waals surface area contributed by atoms with Gasteiger partial charge in [-0.15, -0.1) is 0 Å². The Labute approximate surface area is 422 Å². The maximum atomic E-state index is 13.6. The predicted molar refractivity (Wildman–Crippen MR) is 268 cm³/mol. The van der Waals surface area contributed by atoms with Gasteiger partial charge in [0.25, 0.3) is 17.7 Å². The quantitative estimate of drug-likeness (QED) is 0.123. The molecule has 0 atom stereocenters. The van der Waals surface area contributed by atoms with Crippen molar-refractivity contribution in [1.82, 2.24) is 49.2 Å². The molecule has 2 aromatic carbocycles. The number of aromatic nitrogens is 6. The average Bonchev–Trinajstić information content (AvgIpc) is 4.28. The van der Waals surface area contributed by atoms with Crippen molar-refractivity contribution < 1.29 is 44.7 Å². The van der Waals surface area contributed by atoms with Crippen molar-refractivity contribution in [2.24, 2.45) is 0 Å². The van der Waals surface area contributed by atoms with E-state index in [9.17, 15) is 33.1 Å². The highest BCUT2D eigenvalue weighted by Gasteiger charge is 2.48. The van der Waals surface area contributed by atoms with Gasteiger partial charge in [0.1, 0.15) is 28.6 Å². The van der Waals surface area contributed by atoms with E-state index in [1.165, 1.54) is 24.3 Å². The summed E-state index contributed by atoms with van der Waals surface area (Å²) in [4.78, 5) is 64.5. The Balaban J connectivity index is 0.000000159. The van der Waals surface area contributed by atoms with Crippen LogP contribution in [0.5, 0.6) is 0 Å². The number of amides is 3. The summed E-state index contributed by atoms with van der Waals surface area (Å²) in [5, 5.41) is 40.4. The molecule has 0 radical (unpaired) electrons. The average molecular weight is 1000 g/mol. The van der Waals surface area contributed by atoms with Gasteiger partial charge in [0, 0.05) is 62.9 Å². The maximum Gasteiger partial charge on any atom is 0.335 e. The summed E-state index contributed by atoms with van der Waals surface area (Å²) >= 11 is 0. The number of aliphatic hydroxyl groups is 2. The van der Waals surface area contributed by atoms with Gasteiger partial charge in [-0.25, -0.2) is 32.6 Å². The van der Waals surface area contributed by atoms with Crippen LogP contribution < -0.4 is 5.32 Å². The Hall–Kier alpha value is -6.70. The molecule has 4 N–H and O–H groups in total. The van der Waals surface area contributed by atoms with Crippen molar-refractivity contribution in [1.29, 1.82) is 0 Å². The molecule has 4 saturated carbocycles. The van der Waals surface area contributed by atoms with E-state index >= 15 is 0 Å². The zero-order chi connectivity index (χ0) is 51.6. The van der Waals surface area contributed by atoms with Crippen LogP contribution >= 0.6 is 0 Å². The van der Waals surface area contributed by atoms with E-state index in [1.54, 1.807) is 55.5 Å². The monoisotopic (exact) mass is 1000 g/mol. The van der Waals surface area contributed by atoms with Crippen LogP contribution in [0.25, 0.3) is 33.8 Å². The van der Waals surface area contributed by atoms with Crippen molar-refractivity contribution in [3.8, 4) is 22.5 Å². The fourth-order valence-corrected chi connectivity index (χ4v) is 10.2. The fraction of sp³-hybridized carbons (Fsp3) is 0.481. The van der Waals surface area contributed by atoms with Crippen LogP contribution in [-0.4, -0.2) is 144 Å². The summed E-state index contributed by atoms with van der Waals surface area (Å²) in [6.45, 7) is 11.3. The van der Waals surface area contributed by atoms with Gasteiger partial charge < -0.3 is 35.3 Å². The molecule has 0 unspecified atom stereocenters. The summed E-state index contributed by atoms with van der Waals surface area (Å²) in [6, 6.07) is 16.6. The molecule has 17 nitrogen and oxygen atoms in total. The van der Waals surface area contributed by atoms with Crippen molar-refractivity contribution in [2.75, 3.05) is 39.3 Å². The normalized spacial score (nSPS) is 20.5. The number of hydrogen-bond donors (Lipinski definition) is 4. The van der Waals surface area contributed by atoms with Gasteiger partial charge in [0.15, 0.2) is 16.9 Å². The lowest BCUT2D eigenvalue weighted by molar-refractivity contribution is -0.167. The number of imidazole rings is 2. The van der Waals surface area contributed by atoms with E-state index in [0.29, 0.717) is 86.4 Å². The highest BCUT2D eigenvalue weighted by atomic mass is 19.1. The number of piperazine rings is 2. The van der Waals surface area contributed by atoms with Crippen molar-refractivity contribution in [2.45, 2.75) is 126 Å². The van der Waals surface area contributed by atoms with Gasteiger partial charge in [-0.05, 0) is 164 Å². The molecule has 19 heteroatoms. The van der Waals surface area contributed by atoms with Crippen LogP contribution in [-0.2, 0) is 9.59 Å². The molecule has 386 valence electrons. The first-order valence-corrected chi connectivity index (χ1v) is 25.4. The molecule has 4 aliphatic carbocycles. The third kappa shape index (κ3) is 10.1. The number of carbonyl (C=O) groups is 4. The Morgan fingerprint density at radius 2 is 1.10 bits per heavy atom. The first-order chi connectivity index (χ1) is 34.7. The number of nitrogens with zero attached hydrogens (tertiary/aromatic N) is 9. The summed E-state index contributed by atoms with van der Waals surface area (Å²) in [5.74, 6) is -1.33. The third-order valence-corrected chi connectivity index (χ3v) is 15.3. The molecule has 0 spiro atoms. The van der Waals surface area contributed by atoms with Gasteiger partial charge in [-0.2, -0.15) is 10.2 Å². The SMILES string of the molecule is CC1(C)CN(C(=O)C2(O)CCC2)CCN1C(=O)c1cn2nc(-c3ccc(F)cc3)cc(C3CC3)c2n1.CC1(C)CNCCN1C(=O)c1cn2nc(-c3ccc(F)cc3)cc(C3CC3)c2n1.O=C(O)C1(O)CCC1.[HH]. The largest absolute Gasteiger partial charge is 0.479 e. The Kier molecular flexibility index (Phi) is 13.0. The number of hydrogen-bond acceptors (Lipinski definition) is 11. The number of rotatable bonds is 8. The second-order valence-corrected chi connectivity index (χ2v) is 21.8. The number of benzene rings is 2. The molecule has 6 aliphatic rings. The molecule has 2 aliphatic heterocycles. The number of carboxylic acids is 1. The first kappa shape index (κ1) is 49.9. The van der Waals surface area contributed by atoms with E-state index < -0.39 is 22.7 Å². The molecule has 3 amide bonds. The van der Waals surface area contributed by atoms with Crippen LogP contribution in [0.1, 0.15) is 137 Å². The molecule has 6 heterocycles. The number of carboxylic acid groups (broad SMARTS) is 1. The molecule has 6 aromatic rings. The minimum Gasteiger partial charge on any atom is -0.479 e. The van der Waals surface area contributed by atoms with Crippen molar-refractivity contribution >= 4 is 35.0 Å². The van der Waals surface area contributed by atoms with Gasteiger partial charge in [-0.3, -0.25) is 14.4 Å². The first-order valence-electron chi connectivity index (χ1n) is 25.4. The molecular weight excluding hydrogens is 939 g/mol. The predicted octanol–water partition coefficient (Wildman–Crippen LogP) is 6.86. The zero-order valence-corrected chi connectivity index (χ0v) is 41.7. The van der Waals surface area contributed by atoms with Gasteiger partial charge in [-0.1, -0.05) is 0 Å². The van der Waals surface area contributed by atoms with E-state index in [4.69, 9.17) is 20.2 Å². The molecule has 0 bridgehead atoms. The summed E-state index contributed by atoms with van der Waals surface area (Å²) in [6.07, 6.45) is 11.3. The summed E-state index contributed by atoms with van der Waals surface area (Å²) < 4.78 is 30.1. The van der Waals surface area contributed by atoms with Crippen LogP contribution in [0.4, 0.5) is 8.78 Å². The lowest BCUT2D eigenvalue weighted by Crippen LogP contribution is -2.65. The third-order valence-electron chi connectivity index (χ3n) is 15.3. The molecule has 6 fully saturated rings. The van der Waals surface area contributed by atoms with Crippen LogP contribution in [0.2, 0.25) is 0 Å². The van der Waals surface area contributed by atoms with Crippen LogP contribution in [0.3, 0.4) is 0 Å². The lowest BCUT2D eigenvalue weighted by atomic mass is 9.78. The number of halogens is 2. The summed E-state index contributed by atoms with van der Waals surface area (Å²) in [7, 11) is 0. The molecule has 2 saturated heterocycles. The number of nitrogens with one attached hydrogen (secondary N) is 1. The van der Waals surface area contributed by atoms with Gasteiger partial charge in [0.05, 0.1) is 34.9 Å². The lowest BCUT2D eigenvalue weighted by Gasteiger charge is -2.49. The second kappa shape index (κ2) is 19.0. The highest BCUT2D eigenvalue weighted by molar-refractivity contribution is 5.95. The maximum absolute atomic E-state index is 13.6. The van der Waals surface area contributed by atoms with Gasteiger partial charge in [0.2, 0.25) is 0 Å². The smallest absolute Gasteiger partial charge is 0.335 e. The summed E-state index contributed by atoms with van der Waals surface area (Å²) in [5.41, 5.74) is 3.94. The highest BCUT2D eigenvalue weighted by Crippen LogP contribution is 2.44. The fourth-order valence-electron chi connectivity index (χ4n) is 10.2. The van der Waals surface area contributed by atoms with E-state index in [0.717, 1.165) is 85.2 Å². The van der Waals surface area contributed by atoms with E-state index in [-0.39, 0.29) is 36.3 Å². The number of fused-ring (bicyclic) bond motifs is 2. The Morgan fingerprint density at radius 3 is 1.47 bits per heavy atom. The number of carbonyl (C=O) groups excluding carboxylic acids is 3. The minimum absolute atomic E-state index is 0. The van der Waals surface area contributed by atoms with Crippen molar-refractivity contribution in [3.05, 3.63) is 107 Å². The molecular formula is C54H64F2N10O7. The Morgan fingerprint density at radius 1 is 0.644 bits per heavy atom. The van der Waals surface area contributed by atoms with Gasteiger partial charge >= 0.3 is 5.97 Å². The topological polar surface area (TPSA) is 211 Å². The van der Waals surface area contributed by atoms with E-state index in [2.05, 4.69) is 29.4 Å². The van der Waals surface area contributed by atoms with E-state index in [1.807, 2.05) is 30.9 Å². The van der Waals surface area contributed by atoms with Crippen molar-refractivity contribution in [3.63, 3.8) is 0 Å².